The number of benzene rings is 1. The van der Waals surface area contributed by atoms with Gasteiger partial charge in [-0.1, -0.05) is 19.1 Å². The molecule has 4 heteroatoms. The van der Waals surface area contributed by atoms with Crippen molar-refractivity contribution in [1.29, 1.82) is 0 Å². The normalized spacial score (nSPS) is 17.7. The number of nitrogens with one attached hydrogen (secondary N) is 1. The van der Waals surface area contributed by atoms with Crippen molar-refractivity contribution in [2.24, 2.45) is 0 Å². The number of rotatable bonds is 5. The zero-order valence-corrected chi connectivity index (χ0v) is 15.7. The van der Waals surface area contributed by atoms with E-state index in [1.165, 1.54) is 37.3 Å². The van der Waals surface area contributed by atoms with Crippen molar-refractivity contribution in [2.75, 3.05) is 13.1 Å². The van der Waals surface area contributed by atoms with Crippen LogP contribution < -0.4 is 5.32 Å². The third-order valence-electron chi connectivity index (χ3n) is 5.17. The topological polar surface area (TPSA) is 33.1 Å². The van der Waals surface area contributed by atoms with E-state index in [4.69, 9.17) is 4.98 Å². The maximum absolute atomic E-state index is 4.86. The van der Waals surface area contributed by atoms with Gasteiger partial charge in [-0.3, -0.25) is 4.90 Å². The summed E-state index contributed by atoms with van der Waals surface area (Å²) in [7, 11) is 0. The van der Waals surface area contributed by atoms with Crippen LogP contribution in [0.15, 0.2) is 24.3 Å². The van der Waals surface area contributed by atoms with Crippen LogP contribution >= 0.6 is 0 Å². The molecular weight excluding hydrogens is 296 g/mol. The molecule has 0 atom stereocenters. The maximum atomic E-state index is 4.86. The van der Waals surface area contributed by atoms with E-state index in [0.717, 1.165) is 25.0 Å². The molecule has 1 saturated heterocycles. The van der Waals surface area contributed by atoms with Gasteiger partial charge in [-0.25, -0.2) is 4.98 Å². The molecule has 0 radical (unpaired) electrons. The fourth-order valence-electron chi connectivity index (χ4n) is 3.72. The molecule has 1 aromatic heterocycles. The molecule has 2 aromatic rings. The van der Waals surface area contributed by atoms with Gasteiger partial charge in [0.2, 0.25) is 0 Å². The SMILES string of the molecule is CCCn1c(CNC2CCN(C(C)(C)C)CC2)nc2ccccc21. The second-order valence-corrected chi connectivity index (χ2v) is 7.98. The van der Waals surface area contributed by atoms with Gasteiger partial charge in [0.05, 0.1) is 17.6 Å². The summed E-state index contributed by atoms with van der Waals surface area (Å²) >= 11 is 0. The second-order valence-electron chi connectivity index (χ2n) is 7.98. The Morgan fingerprint density at radius 1 is 1.17 bits per heavy atom. The highest BCUT2D eigenvalue weighted by Crippen LogP contribution is 2.21. The Morgan fingerprint density at radius 2 is 1.88 bits per heavy atom. The first-order chi connectivity index (χ1) is 11.5. The van der Waals surface area contributed by atoms with Crippen LogP contribution in [0.1, 0.15) is 52.8 Å². The Balaban J connectivity index is 1.63. The standard InChI is InChI=1S/C20H32N4/c1-5-12-24-18-9-7-6-8-17(18)22-19(24)15-21-16-10-13-23(14-11-16)20(2,3)4/h6-9,16,21H,5,10-15H2,1-4H3. The first-order valence-corrected chi connectivity index (χ1v) is 9.41. The summed E-state index contributed by atoms with van der Waals surface area (Å²) in [6.45, 7) is 13.5. The third-order valence-corrected chi connectivity index (χ3v) is 5.17. The van der Waals surface area contributed by atoms with E-state index in [9.17, 15) is 0 Å². The van der Waals surface area contributed by atoms with Gasteiger partial charge in [0.25, 0.3) is 0 Å². The van der Waals surface area contributed by atoms with Gasteiger partial charge in [-0.2, -0.15) is 0 Å². The number of aromatic nitrogens is 2. The van der Waals surface area contributed by atoms with Crippen molar-refractivity contribution in [3.8, 4) is 0 Å². The van der Waals surface area contributed by atoms with Crippen LogP contribution in [0.4, 0.5) is 0 Å². The van der Waals surface area contributed by atoms with Crippen molar-refractivity contribution in [1.82, 2.24) is 19.8 Å². The summed E-state index contributed by atoms with van der Waals surface area (Å²) < 4.78 is 2.38. The lowest BCUT2D eigenvalue weighted by atomic mass is 9.98. The van der Waals surface area contributed by atoms with Crippen LogP contribution in [0.2, 0.25) is 0 Å². The number of imidazole rings is 1. The first kappa shape index (κ1) is 17.4. The van der Waals surface area contributed by atoms with E-state index in [2.05, 4.69) is 66.7 Å². The minimum atomic E-state index is 0.292. The number of likely N-dealkylation sites (tertiary alicyclic amines) is 1. The molecule has 4 nitrogen and oxygen atoms in total. The quantitative estimate of drug-likeness (QED) is 0.906. The van der Waals surface area contributed by atoms with Crippen LogP contribution in [-0.4, -0.2) is 39.1 Å². The van der Waals surface area contributed by atoms with E-state index < -0.39 is 0 Å². The Morgan fingerprint density at radius 3 is 2.54 bits per heavy atom. The minimum Gasteiger partial charge on any atom is -0.327 e. The summed E-state index contributed by atoms with van der Waals surface area (Å²) in [5.74, 6) is 1.18. The Hall–Kier alpha value is -1.39. The second kappa shape index (κ2) is 7.24. The number of hydrogen-bond acceptors (Lipinski definition) is 3. The lowest BCUT2D eigenvalue weighted by Gasteiger charge is -2.41. The summed E-state index contributed by atoms with van der Waals surface area (Å²) in [6, 6.07) is 9.09. The molecule has 0 amide bonds. The van der Waals surface area contributed by atoms with Crippen LogP contribution in [0.3, 0.4) is 0 Å². The molecule has 0 aliphatic carbocycles. The van der Waals surface area contributed by atoms with Gasteiger partial charge in [0.15, 0.2) is 0 Å². The average molecular weight is 329 g/mol. The van der Waals surface area contributed by atoms with Crippen molar-refractivity contribution in [3.63, 3.8) is 0 Å². The van der Waals surface area contributed by atoms with E-state index in [0.29, 0.717) is 11.6 Å². The Kier molecular flexibility index (Phi) is 5.26. The number of piperidine rings is 1. The van der Waals surface area contributed by atoms with E-state index >= 15 is 0 Å². The van der Waals surface area contributed by atoms with Crippen molar-refractivity contribution in [3.05, 3.63) is 30.1 Å². The number of aryl methyl sites for hydroxylation is 1. The molecule has 0 saturated carbocycles. The number of hydrogen-bond donors (Lipinski definition) is 1. The van der Waals surface area contributed by atoms with Crippen LogP contribution in [0.5, 0.6) is 0 Å². The molecule has 0 bridgehead atoms. The summed E-state index contributed by atoms with van der Waals surface area (Å²) in [6.07, 6.45) is 3.59. The molecule has 2 heterocycles. The van der Waals surface area contributed by atoms with E-state index in [1.807, 2.05) is 0 Å². The van der Waals surface area contributed by atoms with Gasteiger partial charge in [0, 0.05) is 31.2 Å². The molecule has 0 unspecified atom stereocenters. The summed E-state index contributed by atoms with van der Waals surface area (Å²) in [4.78, 5) is 7.45. The van der Waals surface area contributed by atoms with Crippen molar-refractivity contribution >= 4 is 11.0 Å². The van der Waals surface area contributed by atoms with Crippen molar-refractivity contribution in [2.45, 2.75) is 71.6 Å². The van der Waals surface area contributed by atoms with Crippen molar-refractivity contribution < 1.29 is 0 Å². The number of para-hydroxylation sites is 2. The van der Waals surface area contributed by atoms with Crippen LogP contribution in [0.25, 0.3) is 11.0 Å². The van der Waals surface area contributed by atoms with Gasteiger partial charge in [-0.05, 0) is 52.2 Å². The molecular formula is C20H32N4. The fourth-order valence-corrected chi connectivity index (χ4v) is 3.72. The number of nitrogens with zero attached hydrogens (tertiary/aromatic N) is 3. The molecule has 0 spiro atoms. The first-order valence-electron chi connectivity index (χ1n) is 9.41. The zero-order chi connectivity index (χ0) is 17.2. The van der Waals surface area contributed by atoms with Gasteiger partial charge in [0.1, 0.15) is 5.82 Å². The van der Waals surface area contributed by atoms with E-state index in [-0.39, 0.29) is 0 Å². The Labute approximate surface area is 146 Å². The highest BCUT2D eigenvalue weighted by atomic mass is 15.2. The number of fused-ring (bicyclic) bond motifs is 1. The molecule has 1 aromatic carbocycles. The largest absolute Gasteiger partial charge is 0.327 e. The molecule has 1 aliphatic rings. The van der Waals surface area contributed by atoms with Gasteiger partial charge >= 0.3 is 0 Å². The summed E-state index contributed by atoms with van der Waals surface area (Å²) in [5.41, 5.74) is 2.67. The molecule has 24 heavy (non-hydrogen) atoms. The Bertz CT molecular complexity index is 660. The lowest BCUT2D eigenvalue weighted by molar-refractivity contribution is 0.0958. The smallest absolute Gasteiger partial charge is 0.123 e. The molecule has 3 rings (SSSR count). The zero-order valence-electron chi connectivity index (χ0n) is 15.7. The lowest BCUT2D eigenvalue weighted by Crippen LogP contribution is -2.49. The average Bonchev–Trinajstić information content (AvgIpc) is 2.91. The predicted octanol–water partition coefficient (Wildman–Crippen LogP) is 3.80. The molecule has 1 N–H and O–H groups in total. The molecule has 132 valence electrons. The monoisotopic (exact) mass is 328 g/mol. The van der Waals surface area contributed by atoms with Crippen LogP contribution in [0, 0.1) is 0 Å². The van der Waals surface area contributed by atoms with Gasteiger partial charge in [-0.15, -0.1) is 0 Å². The highest BCUT2D eigenvalue weighted by Gasteiger charge is 2.26. The molecule has 1 aliphatic heterocycles. The van der Waals surface area contributed by atoms with Gasteiger partial charge < -0.3 is 9.88 Å². The van der Waals surface area contributed by atoms with E-state index in [1.54, 1.807) is 0 Å². The molecule has 1 fully saturated rings. The fraction of sp³-hybridized carbons (Fsp3) is 0.650. The summed E-state index contributed by atoms with van der Waals surface area (Å²) in [5, 5.41) is 3.76. The predicted molar refractivity (Wildman–Crippen MR) is 101 cm³/mol. The maximum Gasteiger partial charge on any atom is 0.123 e. The highest BCUT2D eigenvalue weighted by molar-refractivity contribution is 5.75. The third kappa shape index (κ3) is 3.81. The minimum absolute atomic E-state index is 0.292. The van der Waals surface area contributed by atoms with Crippen LogP contribution in [-0.2, 0) is 13.1 Å².